The molecule has 4 heterocycles. The maximum absolute atomic E-state index is 15.3. The van der Waals surface area contributed by atoms with Crippen molar-refractivity contribution < 1.29 is 105 Å². The monoisotopic (exact) mass is 1330 g/mol. The van der Waals surface area contributed by atoms with Crippen LogP contribution < -0.4 is 0 Å². The molecule has 4 aliphatic rings. The minimum atomic E-state index is -2.71. The molecule has 24 nitrogen and oxygen atoms in total. The van der Waals surface area contributed by atoms with Crippen molar-refractivity contribution in [3.05, 3.63) is 103 Å². The summed E-state index contributed by atoms with van der Waals surface area (Å²) >= 11 is 45.2. The zero-order valence-corrected chi connectivity index (χ0v) is 51.1. The molecule has 15 atom stereocenters. The third kappa shape index (κ3) is 16.3. The van der Waals surface area contributed by atoms with Crippen LogP contribution in [0.4, 0.5) is 0 Å². The molecule has 3 fully saturated rings. The highest BCUT2D eigenvalue weighted by atomic mass is 35.6. The largest absolute Gasteiger partial charge is 0.463 e. The highest BCUT2D eigenvalue weighted by Gasteiger charge is 2.62. The van der Waals surface area contributed by atoms with Gasteiger partial charge in [0.1, 0.15) is 43.2 Å². The zero-order valence-electron chi connectivity index (χ0n) is 45.8. The molecule has 0 bridgehead atoms. The van der Waals surface area contributed by atoms with Gasteiger partial charge >= 0.3 is 35.8 Å². The fraction of sp³-hybridized carbons (Fsp3) is 0.500. The van der Waals surface area contributed by atoms with Gasteiger partial charge in [0.15, 0.2) is 43.1 Å². The number of carbonyl (C=O) groups is 8. The van der Waals surface area contributed by atoms with Gasteiger partial charge in [-0.2, -0.15) is 0 Å². The number of halogens is 7. The Labute approximate surface area is 520 Å². The maximum Gasteiger partial charge on any atom is 0.303 e. The molecule has 3 aromatic rings. The van der Waals surface area contributed by atoms with E-state index in [4.69, 9.17) is 153 Å². The first-order chi connectivity index (χ1) is 40.1. The van der Waals surface area contributed by atoms with E-state index < -0.39 is 194 Å². The number of nitrogens with zero attached hydrogens (tertiary/aromatic N) is 1. The van der Waals surface area contributed by atoms with Crippen LogP contribution in [0.3, 0.4) is 0 Å². The number of hydrogen-bond acceptors (Lipinski definition) is 23. The number of esters is 6. The molecule has 0 aromatic heterocycles. The molecule has 0 saturated carbocycles. The third-order valence-corrected chi connectivity index (χ3v) is 15.4. The molecule has 85 heavy (non-hydrogen) atoms. The van der Waals surface area contributed by atoms with Crippen molar-refractivity contribution in [2.75, 3.05) is 13.2 Å². The standard InChI is InChI=1S/C54H55Cl7N2O22/c1-22-40(76-24(3)65)44(78-26(5)67)46(74-19-30-16-12-9-13-17-30)51(75-22)84-43-39(63-48(70)33-34(49(63)71)36(56)38(58)37(57)35(33)55)50(85-53(62)54(59,60)61)81-31(20-72-18-29-14-10-8-11-15-29)41(43)83-52-47(80-28(7)69)45(79-27(6)68)42(77-25(4)66)32(82-52)21-73-23(2)64/h8-17,22,31-32,39-47,50-52,62H,18-21H2,1-7H3/t22-,31+,32+,39+,40+,41+,42-,43+,44+,45-,46-,47+,50-,51-,52-/m0/s1. The molecule has 7 rings (SSSR count). The van der Waals surface area contributed by atoms with E-state index in [0.29, 0.717) is 16.0 Å². The minimum absolute atomic E-state index is 0.159. The van der Waals surface area contributed by atoms with Crippen molar-refractivity contribution in [1.29, 1.82) is 5.41 Å². The molecular formula is C54H55Cl7N2O22. The van der Waals surface area contributed by atoms with Gasteiger partial charge in [0, 0.05) is 41.5 Å². The van der Waals surface area contributed by atoms with Crippen molar-refractivity contribution in [2.45, 2.75) is 158 Å². The first-order valence-corrected chi connectivity index (χ1v) is 28.3. The summed E-state index contributed by atoms with van der Waals surface area (Å²) in [5, 5.41) is 6.89. The van der Waals surface area contributed by atoms with Gasteiger partial charge in [-0.25, -0.2) is 0 Å². The van der Waals surface area contributed by atoms with Crippen LogP contribution in [0.5, 0.6) is 0 Å². The lowest BCUT2D eigenvalue weighted by atomic mass is 9.93. The number of nitrogens with one attached hydrogen (secondary N) is 1. The average Bonchev–Trinajstić information content (AvgIpc) is 2.03. The summed E-state index contributed by atoms with van der Waals surface area (Å²) in [5.74, 6) is -9.35. The van der Waals surface area contributed by atoms with Gasteiger partial charge in [-0.1, -0.05) is 142 Å². The Morgan fingerprint density at radius 1 is 0.506 bits per heavy atom. The molecular weight excluding hydrogens is 1280 g/mol. The molecule has 0 spiro atoms. The van der Waals surface area contributed by atoms with Crippen molar-refractivity contribution in [1.82, 2.24) is 4.90 Å². The first-order valence-electron chi connectivity index (χ1n) is 25.7. The molecule has 3 aromatic carbocycles. The lowest BCUT2D eigenvalue weighted by Gasteiger charge is -2.52. The molecule has 462 valence electrons. The Balaban J connectivity index is 1.51. The molecule has 3 saturated heterocycles. The van der Waals surface area contributed by atoms with Gasteiger partial charge < -0.3 is 66.3 Å². The summed E-state index contributed by atoms with van der Waals surface area (Å²) in [7, 11) is 0. The average molecular weight is 1330 g/mol. The summed E-state index contributed by atoms with van der Waals surface area (Å²) in [6.45, 7) is 5.80. The number of benzene rings is 3. The van der Waals surface area contributed by atoms with Crippen LogP contribution in [0, 0.1) is 5.41 Å². The van der Waals surface area contributed by atoms with Crippen molar-refractivity contribution >= 4 is 135 Å². The Bertz CT molecular complexity index is 2950. The van der Waals surface area contributed by atoms with Gasteiger partial charge in [0.2, 0.25) is 12.2 Å². The second-order valence-electron chi connectivity index (χ2n) is 19.4. The number of carbonyl (C=O) groups excluding carboxylic acids is 8. The van der Waals surface area contributed by atoms with Crippen molar-refractivity contribution in [3.63, 3.8) is 0 Å². The van der Waals surface area contributed by atoms with Crippen LogP contribution in [0.25, 0.3) is 0 Å². The highest BCUT2D eigenvalue weighted by Crippen LogP contribution is 2.48. The van der Waals surface area contributed by atoms with Gasteiger partial charge in [-0.05, 0) is 18.1 Å². The Morgan fingerprint density at radius 3 is 1.45 bits per heavy atom. The minimum Gasteiger partial charge on any atom is -0.463 e. The topological polar surface area (TPSA) is 293 Å². The smallest absolute Gasteiger partial charge is 0.303 e. The molecule has 0 unspecified atom stereocenters. The molecule has 0 radical (unpaired) electrons. The SMILES string of the molecule is CC(=O)OC[C@H]1O[C@@H](O[C@H]2[C@H](O[C@@H]3O[C@@H](C)[C@@H](OC(C)=O)[C@@H](OC(C)=O)[C@@H]3OCc3ccccc3)[C@@H](N3C(=O)c4c(Cl)c(Cl)c(Cl)c(Cl)c4C3=O)[C@H](OC(=N)C(Cl)(Cl)Cl)O[C@@H]2COCc2ccccc2)[C@H](OC(C)=O)[C@@H](OC(C)=O)[C@H]1OC(C)=O. The molecule has 4 aliphatic heterocycles. The molecule has 0 aliphatic carbocycles. The zero-order chi connectivity index (χ0) is 62.4. The van der Waals surface area contributed by atoms with E-state index in [-0.39, 0.29) is 13.2 Å². The van der Waals surface area contributed by atoms with Crippen LogP contribution >= 0.6 is 81.2 Å². The van der Waals surface area contributed by atoms with E-state index in [1.807, 2.05) is 0 Å². The van der Waals surface area contributed by atoms with E-state index in [1.54, 1.807) is 60.7 Å². The van der Waals surface area contributed by atoms with Crippen LogP contribution in [0.1, 0.15) is 80.3 Å². The van der Waals surface area contributed by atoms with Gasteiger partial charge in [-0.15, -0.1) is 0 Å². The number of amides is 2. The predicted molar refractivity (Wildman–Crippen MR) is 297 cm³/mol. The van der Waals surface area contributed by atoms with Crippen LogP contribution in [0.15, 0.2) is 60.7 Å². The molecule has 2 amide bonds. The van der Waals surface area contributed by atoms with E-state index in [1.165, 1.54) is 6.92 Å². The number of hydrogen-bond donors (Lipinski definition) is 1. The summed E-state index contributed by atoms with van der Waals surface area (Å²) in [4.78, 5) is 109. The van der Waals surface area contributed by atoms with Crippen molar-refractivity contribution in [3.8, 4) is 0 Å². The number of fused-ring (bicyclic) bond motifs is 1. The molecule has 31 heteroatoms. The van der Waals surface area contributed by atoms with Crippen LogP contribution in [-0.4, -0.2) is 167 Å². The van der Waals surface area contributed by atoms with Gasteiger partial charge in [0.25, 0.3) is 15.6 Å². The Kier molecular flexibility index (Phi) is 23.2. The number of imide groups is 1. The lowest BCUT2D eigenvalue weighted by Crippen LogP contribution is -2.71. The van der Waals surface area contributed by atoms with Gasteiger partial charge in [-0.3, -0.25) is 48.7 Å². The molecule has 1 N–H and O–H groups in total. The number of rotatable bonds is 20. The predicted octanol–water partition coefficient (Wildman–Crippen LogP) is 7.62. The summed E-state index contributed by atoms with van der Waals surface area (Å²) < 4.78 is 83.8. The summed E-state index contributed by atoms with van der Waals surface area (Å²) in [6.07, 6.45) is -25.4. The summed E-state index contributed by atoms with van der Waals surface area (Å²) in [5.41, 5.74) is -0.0382. The Hall–Kier alpha value is -5.16. The Morgan fingerprint density at radius 2 is 0.941 bits per heavy atom. The van der Waals surface area contributed by atoms with E-state index >= 15 is 9.59 Å². The van der Waals surface area contributed by atoms with Crippen LogP contribution in [-0.2, 0) is 108 Å². The highest BCUT2D eigenvalue weighted by molar-refractivity contribution is 6.76. The van der Waals surface area contributed by atoms with Crippen molar-refractivity contribution in [2.24, 2.45) is 0 Å². The second-order valence-corrected chi connectivity index (χ2v) is 23.1. The fourth-order valence-corrected chi connectivity index (χ4v) is 10.9. The third-order valence-electron chi connectivity index (χ3n) is 13.1. The maximum atomic E-state index is 15.3. The summed E-state index contributed by atoms with van der Waals surface area (Å²) in [6, 6.07) is 15.0. The lowest BCUT2D eigenvalue weighted by molar-refractivity contribution is -0.376. The van der Waals surface area contributed by atoms with Crippen LogP contribution in [0.2, 0.25) is 20.1 Å². The van der Waals surface area contributed by atoms with Gasteiger partial charge in [0.05, 0.1) is 57.1 Å². The van der Waals surface area contributed by atoms with E-state index in [0.717, 1.165) is 41.5 Å². The van der Waals surface area contributed by atoms with E-state index in [9.17, 15) is 28.8 Å². The quantitative estimate of drug-likeness (QED) is 0.0166. The normalized spacial score (nSPS) is 28.4. The number of ether oxygens (including phenoxy) is 14. The fourth-order valence-electron chi connectivity index (χ4n) is 9.71. The number of alkyl halides is 3. The van der Waals surface area contributed by atoms with E-state index in [2.05, 4.69) is 0 Å². The first kappa shape index (κ1) is 67.3. The second kappa shape index (κ2) is 29.2.